The van der Waals surface area contributed by atoms with Gasteiger partial charge in [0, 0.05) is 12.8 Å². The first kappa shape index (κ1) is 54.9. The summed E-state index contributed by atoms with van der Waals surface area (Å²) in [5.41, 5.74) is 5.32. The number of esters is 2. The fraction of sp³-hybridized carbons (Fsp3) is 0.674. The molecule has 0 aromatic heterocycles. The molecule has 0 rings (SSSR count). The molecule has 0 amide bonds. The highest BCUT2D eigenvalue weighted by molar-refractivity contribution is 7.47. The number of carboxylic acid groups (broad SMARTS) is 1. The van der Waals surface area contributed by atoms with E-state index in [4.69, 9.17) is 24.8 Å². The van der Waals surface area contributed by atoms with Gasteiger partial charge in [0.2, 0.25) is 0 Å². The van der Waals surface area contributed by atoms with Gasteiger partial charge in [0.25, 0.3) is 0 Å². The maximum Gasteiger partial charge on any atom is 0.472 e. The number of carbonyl (C=O) groups excluding carboxylic acids is 2. The number of nitrogens with two attached hydrogens (primary N) is 1. The SMILES string of the molecule is CCCCC/C=C/C/C=C/C/C=C/C/C=C/C/C=C/CCC(=O)O[C@H](COC(=O)CCCC/C=C/CCCCCCCCCCC)COP(=O)(O)OC[C@H](N)C(=O)O. The second kappa shape index (κ2) is 40.7. The van der Waals surface area contributed by atoms with Gasteiger partial charge in [0.05, 0.1) is 13.2 Å². The molecular formula is C46H78NO10P. The average Bonchev–Trinajstić information content (AvgIpc) is 3.20. The number of phosphoric acid groups is 1. The van der Waals surface area contributed by atoms with E-state index in [2.05, 4.69) is 79.1 Å². The molecule has 0 bridgehead atoms. The van der Waals surface area contributed by atoms with Crippen molar-refractivity contribution in [2.45, 2.75) is 180 Å². The molecule has 332 valence electrons. The van der Waals surface area contributed by atoms with Gasteiger partial charge in [-0.1, -0.05) is 151 Å². The van der Waals surface area contributed by atoms with Crippen molar-refractivity contribution in [1.82, 2.24) is 0 Å². The van der Waals surface area contributed by atoms with Gasteiger partial charge in [0.15, 0.2) is 6.10 Å². The van der Waals surface area contributed by atoms with Crippen molar-refractivity contribution in [3.63, 3.8) is 0 Å². The van der Waals surface area contributed by atoms with Crippen LogP contribution in [0.5, 0.6) is 0 Å². The standard InChI is InChI=1S/C46H78NO10P/c1-3-5-7-9-11-13-15-17-19-20-21-22-24-26-28-30-32-34-36-38-45(49)57-42(40-55-58(52,53)56-41-43(47)46(50)51)39-54-44(48)37-35-33-31-29-27-25-23-18-16-14-12-10-8-6-4-2/h11,13,17,19,21-22,26-29,32,34,42-43H,3-10,12,14-16,18,20,23-25,30-31,33,35-41,47H2,1-2H3,(H,50,51)(H,52,53)/b13-11+,19-17+,22-21+,28-26+,29-27+,34-32+/t42-,43+/m1/s1. The molecule has 3 atom stereocenters. The molecule has 0 aromatic rings. The van der Waals surface area contributed by atoms with Crippen LogP contribution in [-0.4, -0.2) is 59.9 Å². The van der Waals surface area contributed by atoms with E-state index < -0.39 is 51.1 Å². The molecule has 0 radical (unpaired) electrons. The predicted molar refractivity (Wildman–Crippen MR) is 235 cm³/mol. The molecule has 4 N–H and O–H groups in total. The normalized spacial score (nSPS) is 14.4. The van der Waals surface area contributed by atoms with Crippen molar-refractivity contribution in [3.05, 3.63) is 72.9 Å². The van der Waals surface area contributed by atoms with Gasteiger partial charge in [-0.2, -0.15) is 0 Å². The smallest absolute Gasteiger partial charge is 0.472 e. The molecule has 58 heavy (non-hydrogen) atoms. The summed E-state index contributed by atoms with van der Waals surface area (Å²) in [6.07, 6.45) is 48.4. The largest absolute Gasteiger partial charge is 0.480 e. The average molecular weight is 836 g/mol. The summed E-state index contributed by atoms with van der Waals surface area (Å²) in [5, 5.41) is 8.89. The molecule has 0 aromatic carbocycles. The highest BCUT2D eigenvalue weighted by Crippen LogP contribution is 2.43. The Kier molecular flexibility index (Phi) is 38.5. The number of rotatable bonds is 40. The van der Waals surface area contributed by atoms with E-state index in [9.17, 15) is 23.8 Å². The molecule has 0 fully saturated rings. The molecule has 0 aliphatic rings. The number of hydrogen-bond donors (Lipinski definition) is 3. The van der Waals surface area contributed by atoms with Crippen LogP contribution < -0.4 is 5.73 Å². The Bertz CT molecular complexity index is 1260. The van der Waals surface area contributed by atoms with Crippen molar-refractivity contribution in [1.29, 1.82) is 0 Å². The quantitative estimate of drug-likeness (QED) is 0.0232. The Hall–Kier alpha value is -3.08. The minimum absolute atomic E-state index is 0.0307. The first-order valence-corrected chi connectivity index (χ1v) is 23.5. The highest BCUT2D eigenvalue weighted by atomic mass is 31.2. The van der Waals surface area contributed by atoms with Gasteiger partial charge >= 0.3 is 25.7 Å². The molecule has 0 saturated carbocycles. The number of carbonyl (C=O) groups is 3. The van der Waals surface area contributed by atoms with Crippen LogP contribution >= 0.6 is 7.82 Å². The van der Waals surface area contributed by atoms with Crippen molar-refractivity contribution in [3.8, 4) is 0 Å². The lowest BCUT2D eigenvalue weighted by atomic mass is 10.1. The molecule has 11 nitrogen and oxygen atoms in total. The van der Waals surface area contributed by atoms with E-state index in [1.807, 2.05) is 12.2 Å². The summed E-state index contributed by atoms with van der Waals surface area (Å²) in [6, 6.07) is -1.54. The lowest BCUT2D eigenvalue weighted by Gasteiger charge is -2.20. The number of ether oxygens (including phenoxy) is 2. The second-order valence-electron chi connectivity index (χ2n) is 14.5. The van der Waals surface area contributed by atoms with Crippen molar-refractivity contribution in [2.75, 3.05) is 19.8 Å². The fourth-order valence-corrected chi connectivity index (χ4v) is 6.23. The van der Waals surface area contributed by atoms with Gasteiger partial charge in [-0.05, 0) is 77.0 Å². The van der Waals surface area contributed by atoms with Crippen LogP contribution in [0.25, 0.3) is 0 Å². The molecule has 12 heteroatoms. The first-order chi connectivity index (χ1) is 28.1. The van der Waals surface area contributed by atoms with E-state index in [0.29, 0.717) is 19.3 Å². The van der Waals surface area contributed by atoms with Gasteiger partial charge in [0.1, 0.15) is 12.6 Å². The summed E-state index contributed by atoms with van der Waals surface area (Å²) in [7, 11) is -4.74. The van der Waals surface area contributed by atoms with E-state index in [1.165, 1.54) is 77.0 Å². The lowest BCUT2D eigenvalue weighted by molar-refractivity contribution is -0.161. The minimum atomic E-state index is -4.74. The topological polar surface area (TPSA) is 172 Å². The Morgan fingerprint density at radius 1 is 0.534 bits per heavy atom. The molecule has 0 aliphatic heterocycles. The van der Waals surface area contributed by atoms with Gasteiger partial charge in [-0.15, -0.1) is 0 Å². The third kappa shape index (κ3) is 39.7. The predicted octanol–water partition coefficient (Wildman–Crippen LogP) is 11.7. The van der Waals surface area contributed by atoms with Crippen molar-refractivity contribution < 1.29 is 47.5 Å². The zero-order valence-electron chi connectivity index (χ0n) is 35.9. The number of phosphoric ester groups is 1. The molecule has 0 spiro atoms. The third-order valence-corrected chi connectivity index (χ3v) is 9.89. The Morgan fingerprint density at radius 3 is 1.48 bits per heavy atom. The number of unbranched alkanes of at least 4 members (excludes halogenated alkanes) is 14. The first-order valence-electron chi connectivity index (χ1n) is 22.0. The number of hydrogen-bond acceptors (Lipinski definition) is 9. The van der Waals surface area contributed by atoms with E-state index >= 15 is 0 Å². The van der Waals surface area contributed by atoms with E-state index in [0.717, 1.165) is 44.9 Å². The molecular weight excluding hydrogens is 757 g/mol. The zero-order valence-corrected chi connectivity index (χ0v) is 36.8. The summed E-state index contributed by atoms with van der Waals surface area (Å²) < 4.78 is 32.6. The summed E-state index contributed by atoms with van der Waals surface area (Å²) in [4.78, 5) is 45.9. The van der Waals surface area contributed by atoms with Crippen LogP contribution in [0.1, 0.15) is 168 Å². The fourth-order valence-electron chi connectivity index (χ4n) is 5.45. The number of aliphatic carboxylic acids is 1. The van der Waals surface area contributed by atoms with Gasteiger partial charge < -0.3 is 25.2 Å². The maximum atomic E-state index is 12.6. The molecule has 0 aliphatic carbocycles. The summed E-state index contributed by atoms with van der Waals surface area (Å²) >= 11 is 0. The van der Waals surface area contributed by atoms with Crippen LogP contribution in [-0.2, 0) is 37.5 Å². The zero-order chi connectivity index (χ0) is 42.8. The number of carboxylic acids is 1. The van der Waals surface area contributed by atoms with Crippen molar-refractivity contribution in [2.24, 2.45) is 5.73 Å². The second-order valence-corrected chi connectivity index (χ2v) is 15.9. The van der Waals surface area contributed by atoms with Crippen molar-refractivity contribution >= 4 is 25.7 Å². The summed E-state index contributed by atoms with van der Waals surface area (Å²) in [5.74, 6) is -2.52. The minimum Gasteiger partial charge on any atom is -0.480 e. The number of allylic oxidation sites excluding steroid dienone is 12. The van der Waals surface area contributed by atoms with Crippen LogP contribution in [0, 0.1) is 0 Å². The Balaban J connectivity index is 4.53. The maximum absolute atomic E-state index is 12.6. The lowest BCUT2D eigenvalue weighted by Crippen LogP contribution is -2.34. The van der Waals surface area contributed by atoms with Crippen LogP contribution in [0.3, 0.4) is 0 Å². The molecule has 0 heterocycles. The Labute approximate surface area is 350 Å². The molecule has 0 saturated heterocycles. The van der Waals surface area contributed by atoms with Crippen LogP contribution in [0.4, 0.5) is 0 Å². The van der Waals surface area contributed by atoms with E-state index in [1.54, 1.807) is 0 Å². The van der Waals surface area contributed by atoms with Crippen LogP contribution in [0.15, 0.2) is 72.9 Å². The molecule has 1 unspecified atom stereocenters. The summed E-state index contributed by atoms with van der Waals surface area (Å²) in [6.45, 7) is 2.67. The van der Waals surface area contributed by atoms with Gasteiger partial charge in [-0.25, -0.2) is 4.57 Å². The van der Waals surface area contributed by atoms with E-state index in [-0.39, 0.29) is 19.4 Å². The van der Waals surface area contributed by atoms with Gasteiger partial charge in [-0.3, -0.25) is 23.4 Å². The Morgan fingerprint density at radius 2 is 0.948 bits per heavy atom. The van der Waals surface area contributed by atoms with Crippen LogP contribution in [0.2, 0.25) is 0 Å². The highest BCUT2D eigenvalue weighted by Gasteiger charge is 2.28. The monoisotopic (exact) mass is 836 g/mol. The third-order valence-electron chi connectivity index (χ3n) is 8.94.